The van der Waals surface area contributed by atoms with Crippen molar-refractivity contribution in [3.05, 3.63) is 0 Å². The number of halogens is 1. The van der Waals surface area contributed by atoms with Gasteiger partial charge < -0.3 is 0 Å². The predicted molar refractivity (Wildman–Crippen MR) is 35.8 cm³/mol. The van der Waals surface area contributed by atoms with Gasteiger partial charge in [0.2, 0.25) is 0 Å². The molecule has 1 rings (SSSR count). The molecule has 0 saturated heterocycles. The predicted octanol–water partition coefficient (Wildman–Crippen LogP) is 2.29. The van der Waals surface area contributed by atoms with Crippen molar-refractivity contribution in [2.75, 3.05) is 0 Å². The molecule has 0 fully saturated rings. The first kappa shape index (κ1) is 6.61. The summed E-state index contributed by atoms with van der Waals surface area (Å²) in [7, 11) is 0. The van der Waals surface area contributed by atoms with Crippen molar-refractivity contribution in [2.45, 2.75) is 38.3 Å². The lowest BCUT2D eigenvalue weighted by Gasteiger charge is -2.02. The fourth-order valence-electron chi connectivity index (χ4n) is 0.969. The van der Waals surface area contributed by atoms with E-state index in [9.17, 15) is 4.39 Å². The van der Waals surface area contributed by atoms with Crippen LogP contribution >= 0.6 is 0 Å². The fraction of sp³-hybridized carbons (Fsp3) is 0.750. The highest BCUT2D eigenvalue weighted by Gasteiger charge is 2.02. The molecule has 0 bridgehead atoms. The van der Waals surface area contributed by atoms with Crippen LogP contribution in [0.1, 0.15) is 32.1 Å². The summed E-state index contributed by atoms with van der Waals surface area (Å²) in [5, 5.41) is 0. The Morgan fingerprint density at radius 2 is 2.11 bits per heavy atom. The SMILES string of the molecule is FC1C#CCCCCC1. The maximum Gasteiger partial charge on any atom is 0.160 e. The first-order valence-corrected chi connectivity index (χ1v) is 3.52. The molecule has 0 aliphatic heterocycles. The van der Waals surface area contributed by atoms with Crippen molar-refractivity contribution >= 4 is 0 Å². The maximum atomic E-state index is 12.5. The molecule has 0 aromatic carbocycles. The molecule has 0 spiro atoms. The van der Waals surface area contributed by atoms with Crippen molar-refractivity contribution in [1.29, 1.82) is 0 Å². The Morgan fingerprint density at radius 3 is 3.00 bits per heavy atom. The highest BCUT2D eigenvalue weighted by Crippen LogP contribution is 2.09. The van der Waals surface area contributed by atoms with E-state index in [1.165, 1.54) is 0 Å². The molecule has 0 saturated carbocycles. The van der Waals surface area contributed by atoms with Gasteiger partial charge in [-0.1, -0.05) is 12.3 Å². The van der Waals surface area contributed by atoms with Gasteiger partial charge in [0.05, 0.1) is 0 Å². The van der Waals surface area contributed by atoms with Crippen molar-refractivity contribution in [3.8, 4) is 11.8 Å². The Morgan fingerprint density at radius 1 is 1.22 bits per heavy atom. The zero-order chi connectivity index (χ0) is 6.53. The van der Waals surface area contributed by atoms with Crippen LogP contribution in [-0.4, -0.2) is 6.17 Å². The van der Waals surface area contributed by atoms with Gasteiger partial charge in [-0.3, -0.25) is 0 Å². The van der Waals surface area contributed by atoms with E-state index in [0.29, 0.717) is 6.42 Å². The molecule has 1 aliphatic carbocycles. The molecule has 0 heterocycles. The lowest BCUT2D eigenvalue weighted by molar-refractivity contribution is 0.374. The van der Waals surface area contributed by atoms with Crippen LogP contribution < -0.4 is 0 Å². The smallest absolute Gasteiger partial charge is 0.160 e. The van der Waals surface area contributed by atoms with Crippen LogP contribution in [0.2, 0.25) is 0 Å². The summed E-state index contributed by atoms with van der Waals surface area (Å²) in [4.78, 5) is 0. The normalized spacial score (nSPS) is 27.4. The molecule has 9 heavy (non-hydrogen) atoms. The molecule has 0 radical (unpaired) electrons. The van der Waals surface area contributed by atoms with Crippen LogP contribution in [0, 0.1) is 11.8 Å². The standard InChI is InChI=1S/C8H11F/c9-8-6-4-2-1-3-5-7-8/h8H,1-4,6H2. The zero-order valence-corrected chi connectivity index (χ0v) is 5.49. The van der Waals surface area contributed by atoms with Crippen molar-refractivity contribution in [3.63, 3.8) is 0 Å². The summed E-state index contributed by atoms with van der Waals surface area (Å²) >= 11 is 0. The second kappa shape index (κ2) is 3.50. The van der Waals surface area contributed by atoms with Crippen LogP contribution in [0.5, 0.6) is 0 Å². The Kier molecular flexibility index (Phi) is 2.57. The third-order valence-corrected chi connectivity index (χ3v) is 1.52. The van der Waals surface area contributed by atoms with Gasteiger partial charge in [0, 0.05) is 6.42 Å². The van der Waals surface area contributed by atoms with E-state index >= 15 is 0 Å². The molecule has 1 unspecified atom stereocenters. The van der Waals surface area contributed by atoms with Crippen LogP contribution in [0.25, 0.3) is 0 Å². The van der Waals surface area contributed by atoms with Crippen LogP contribution in [0.4, 0.5) is 4.39 Å². The summed E-state index contributed by atoms with van der Waals surface area (Å²) in [5.74, 6) is 5.38. The quantitative estimate of drug-likeness (QED) is 0.437. The molecular weight excluding hydrogens is 115 g/mol. The number of alkyl halides is 1. The Labute approximate surface area is 55.5 Å². The summed E-state index contributed by atoms with van der Waals surface area (Å²) in [6.07, 6.45) is 4.00. The Balaban J connectivity index is 2.37. The summed E-state index contributed by atoms with van der Waals surface area (Å²) in [6.45, 7) is 0. The highest BCUT2D eigenvalue weighted by molar-refractivity contribution is 5.05. The minimum Gasteiger partial charge on any atom is -0.233 e. The average molecular weight is 126 g/mol. The second-order valence-electron chi connectivity index (χ2n) is 2.39. The van der Waals surface area contributed by atoms with Gasteiger partial charge in [-0.15, -0.1) is 5.92 Å². The fourth-order valence-corrected chi connectivity index (χ4v) is 0.969. The van der Waals surface area contributed by atoms with Gasteiger partial charge in [0.15, 0.2) is 6.17 Å². The van der Waals surface area contributed by atoms with E-state index in [4.69, 9.17) is 0 Å². The minimum atomic E-state index is -0.842. The first-order valence-electron chi connectivity index (χ1n) is 3.52. The third kappa shape index (κ3) is 2.51. The minimum absolute atomic E-state index is 0.646. The zero-order valence-electron chi connectivity index (χ0n) is 5.49. The molecule has 0 N–H and O–H groups in total. The van der Waals surface area contributed by atoms with Gasteiger partial charge in [0.25, 0.3) is 0 Å². The number of rotatable bonds is 0. The lowest BCUT2D eigenvalue weighted by atomic mass is 10.1. The molecule has 0 aromatic heterocycles. The molecule has 50 valence electrons. The average Bonchev–Trinajstić information content (AvgIpc) is 1.79. The number of hydrogen-bond acceptors (Lipinski definition) is 0. The van der Waals surface area contributed by atoms with Crippen LogP contribution in [0.15, 0.2) is 0 Å². The highest BCUT2D eigenvalue weighted by atomic mass is 19.1. The second-order valence-corrected chi connectivity index (χ2v) is 2.39. The van der Waals surface area contributed by atoms with E-state index in [1.807, 2.05) is 0 Å². The van der Waals surface area contributed by atoms with Crippen molar-refractivity contribution < 1.29 is 4.39 Å². The van der Waals surface area contributed by atoms with E-state index < -0.39 is 6.17 Å². The van der Waals surface area contributed by atoms with Crippen LogP contribution in [-0.2, 0) is 0 Å². The Bertz CT molecular complexity index is 129. The monoisotopic (exact) mass is 126 g/mol. The summed E-state index contributed by atoms with van der Waals surface area (Å²) in [5.41, 5.74) is 0. The Hall–Kier alpha value is -0.510. The molecule has 1 atom stereocenters. The third-order valence-electron chi connectivity index (χ3n) is 1.52. The molecular formula is C8H11F. The van der Waals surface area contributed by atoms with E-state index in [0.717, 1.165) is 25.7 Å². The van der Waals surface area contributed by atoms with Crippen molar-refractivity contribution in [1.82, 2.24) is 0 Å². The topological polar surface area (TPSA) is 0 Å². The van der Waals surface area contributed by atoms with Crippen LogP contribution in [0.3, 0.4) is 0 Å². The molecule has 0 aromatic rings. The maximum absolute atomic E-state index is 12.5. The molecule has 0 amide bonds. The van der Waals surface area contributed by atoms with E-state index in [2.05, 4.69) is 11.8 Å². The van der Waals surface area contributed by atoms with Gasteiger partial charge in [-0.05, 0) is 19.3 Å². The summed E-state index contributed by atoms with van der Waals surface area (Å²) < 4.78 is 12.5. The summed E-state index contributed by atoms with van der Waals surface area (Å²) in [6, 6.07) is 0. The van der Waals surface area contributed by atoms with E-state index in [1.54, 1.807) is 0 Å². The molecule has 0 nitrogen and oxygen atoms in total. The number of hydrogen-bond donors (Lipinski definition) is 0. The van der Waals surface area contributed by atoms with Gasteiger partial charge in [0.1, 0.15) is 0 Å². The van der Waals surface area contributed by atoms with Crippen molar-refractivity contribution in [2.24, 2.45) is 0 Å². The van der Waals surface area contributed by atoms with E-state index in [-0.39, 0.29) is 0 Å². The molecule has 1 aliphatic rings. The van der Waals surface area contributed by atoms with Gasteiger partial charge >= 0.3 is 0 Å². The largest absolute Gasteiger partial charge is 0.233 e. The van der Waals surface area contributed by atoms with Gasteiger partial charge in [-0.2, -0.15) is 0 Å². The van der Waals surface area contributed by atoms with Gasteiger partial charge in [-0.25, -0.2) is 4.39 Å². The molecule has 1 heteroatoms. The lowest BCUT2D eigenvalue weighted by Crippen LogP contribution is -1.97. The first-order chi connectivity index (χ1) is 4.39.